The highest BCUT2D eigenvalue weighted by molar-refractivity contribution is 7.99. The first-order valence-electron chi connectivity index (χ1n) is 23.3. The highest BCUT2D eigenvalue weighted by atomic mass is 32.2. The van der Waals surface area contributed by atoms with Gasteiger partial charge in [0.1, 0.15) is 23.3 Å². The number of nitrogens with zero attached hydrogens (tertiary/aromatic N) is 4. The van der Waals surface area contributed by atoms with Gasteiger partial charge in [0.25, 0.3) is 0 Å². The molecule has 4 N–H and O–H groups in total. The van der Waals surface area contributed by atoms with E-state index < -0.39 is 47.0 Å². The quantitative estimate of drug-likeness (QED) is 0.102. The molecule has 0 saturated carbocycles. The molecule has 0 aliphatic carbocycles. The highest BCUT2D eigenvalue weighted by Gasteiger charge is 2.35. The Morgan fingerprint density at radius 3 is 0.613 bits per heavy atom. The summed E-state index contributed by atoms with van der Waals surface area (Å²) in [6.45, 7) is 0. The minimum Gasteiger partial charge on any atom is -0.310 e. The fraction of sp³-hybridized carbons (Fsp3) is 0.0714. The van der Waals surface area contributed by atoms with Gasteiger partial charge in [-0.3, -0.25) is 0 Å². The standard InChI is InChI=1S/4C14H9F3N2S/c4*15-14(16,17)10-6-7-12-11(8-10)18-13(19-20-12)9-4-2-1-3-5-9/h4*1-8H,(H,18,19). The van der Waals surface area contributed by atoms with Crippen LogP contribution in [0.15, 0.2) is 234 Å². The molecule has 0 aromatic heterocycles. The predicted molar refractivity (Wildman–Crippen MR) is 292 cm³/mol. The molecule has 24 heteroatoms. The SMILES string of the molecule is FC(F)(F)c1ccc2c(c1)N=C(c1ccccc1)NS2.FC(F)(F)c1ccc2c(c1)N=C(c1ccccc1)NS2.FC(F)(F)c1ccc2c(c1)N=C(c1ccccc1)NS2.FC(F)(F)c1ccc2c(c1)N=C(c1ccccc1)NS2. The summed E-state index contributed by atoms with van der Waals surface area (Å²) in [6, 6.07) is 51.4. The van der Waals surface area contributed by atoms with Gasteiger partial charge in [-0.2, -0.15) is 52.7 Å². The molecule has 0 saturated heterocycles. The van der Waals surface area contributed by atoms with Crippen molar-refractivity contribution in [3.05, 3.63) is 239 Å². The summed E-state index contributed by atoms with van der Waals surface area (Å²) in [6.07, 6.45) is -17.4. The van der Waals surface area contributed by atoms with Gasteiger partial charge >= 0.3 is 24.7 Å². The zero-order valence-electron chi connectivity index (χ0n) is 40.4. The lowest BCUT2D eigenvalue weighted by Gasteiger charge is -2.18. The molecule has 0 atom stereocenters. The number of amidine groups is 4. The highest BCUT2D eigenvalue weighted by Crippen LogP contribution is 2.42. The van der Waals surface area contributed by atoms with Crippen molar-refractivity contribution in [3.8, 4) is 0 Å². The molecule has 0 amide bonds. The number of nitrogens with one attached hydrogen (secondary N) is 4. The second-order valence-corrected chi connectivity index (χ2v) is 20.2. The van der Waals surface area contributed by atoms with Gasteiger partial charge in [0, 0.05) is 22.3 Å². The number of rotatable bonds is 4. The molecule has 0 radical (unpaired) electrons. The van der Waals surface area contributed by atoms with Crippen LogP contribution in [-0.2, 0) is 24.7 Å². The first-order valence-corrected chi connectivity index (χ1v) is 26.6. The van der Waals surface area contributed by atoms with Gasteiger partial charge in [0.2, 0.25) is 0 Å². The van der Waals surface area contributed by atoms with Gasteiger partial charge in [-0.15, -0.1) is 0 Å². The van der Waals surface area contributed by atoms with E-state index in [-0.39, 0.29) is 0 Å². The van der Waals surface area contributed by atoms with Crippen LogP contribution in [0.4, 0.5) is 75.4 Å². The molecule has 8 aromatic rings. The summed E-state index contributed by atoms with van der Waals surface area (Å²) < 4.78 is 165. The molecule has 4 aliphatic heterocycles. The van der Waals surface area contributed by atoms with Crippen molar-refractivity contribution in [2.24, 2.45) is 20.0 Å². The molecular weight excluding hydrogens is 1140 g/mol. The molecule has 0 unspecified atom stereocenters. The van der Waals surface area contributed by atoms with E-state index in [2.05, 4.69) is 38.9 Å². The van der Waals surface area contributed by atoms with Crippen LogP contribution in [0.2, 0.25) is 0 Å². The summed E-state index contributed by atoms with van der Waals surface area (Å²) in [5, 5.41) is 0. The molecule has 408 valence electrons. The Morgan fingerprint density at radius 1 is 0.250 bits per heavy atom. The number of aliphatic imine (C=N–C) groups is 4. The van der Waals surface area contributed by atoms with Crippen molar-refractivity contribution in [1.29, 1.82) is 0 Å². The van der Waals surface area contributed by atoms with Gasteiger partial charge < -0.3 is 18.9 Å². The molecular formula is C56H36F12N8S4. The van der Waals surface area contributed by atoms with Gasteiger partial charge in [-0.25, -0.2) is 20.0 Å². The van der Waals surface area contributed by atoms with Gasteiger partial charge in [0.05, 0.1) is 64.6 Å². The van der Waals surface area contributed by atoms with Crippen molar-refractivity contribution in [2.75, 3.05) is 0 Å². The smallest absolute Gasteiger partial charge is 0.310 e. The first-order chi connectivity index (χ1) is 38.2. The fourth-order valence-corrected chi connectivity index (χ4v) is 10.2. The lowest BCUT2D eigenvalue weighted by molar-refractivity contribution is -0.138. The lowest BCUT2D eigenvalue weighted by atomic mass is 10.2. The third-order valence-electron chi connectivity index (χ3n) is 11.3. The largest absolute Gasteiger partial charge is 0.416 e. The predicted octanol–water partition coefficient (Wildman–Crippen LogP) is 17.6. The lowest BCUT2D eigenvalue weighted by Crippen LogP contribution is -2.19. The molecule has 8 nitrogen and oxygen atoms in total. The number of hydrogen-bond acceptors (Lipinski definition) is 12. The van der Waals surface area contributed by atoms with Crippen LogP contribution in [0.1, 0.15) is 44.5 Å². The summed E-state index contributed by atoms with van der Waals surface area (Å²) in [5.41, 5.74) is 1.95. The summed E-state index contributed by atoms with van der Waals surface area (Å²) in [5.74, 6) is 2.23. The Morgan fingerprint density at radius 2 is 0.438 bits per heavy atom. The van der Waals surface area contributed by atoms with Crippen LogP contribution < -0.4 is 18.9 Å². The van der Waals surface area contributed by atoms with E-state index in [9.17, 15) is 52.7 Å². The van der Waals surface area contributed by atoms with Crippen LogP contribution in [-0.4, -0.2) is 23.3 Å². The third-order valence-corrected chi connectivity index (χ3v) is 14.7. The average Bonchev–Trinajstić information content (AvgIpc) is 3.51. The van der Waals surface area contributed by atoms with E-state index in [1.807, 2.05) is 121 Å². The maximum Gasteiger partial charge on any atom is 0.416 e. The van der Waals surface area contributed by atoms with Crippen molar-refractivity contribution in [2.45, 2.75) is 44.3 Å². The Kier molecular flexibility index (Phi) is 17.3. The zero-order chi connectivity index (χ0) is 56.7. The van der Waals surface area contributed by atoms with E-state index in [1.54, 1.807) is 0 Å². The zero-order valence-corrected chi connectivity index (χ0v) is 43.7. The maximum atomic E-state index is 12.7. The molecule has 8 aromatic carbocycles. The van der Waals surface area contributed by atoms with Gasteiger partial charge in [-0.1, -0.05) is 121 Å². The third kappa shape index (κ3) is 14.5. The number of halogens is 12. The van der Waals surface area contributed by atoms with E-state index in [4.69, 9.17) is 0 Å². The first kappa shape index (κ1) is 56.9. The molecule has 0 spiro atoms. The Bertz CT molecular complexity index is 3140. The van der Waals surface area contributed by atoms with E-state index in [0.29, 0.717) is 65.7 Å². The number of alkyl halides is 12. The normalized spacial score (nSPS) is 14.2. The van der Waals surface area contributed by atoms with Crippen molar-refractivity contribution < 1.29 is 52.7 Å². The van der Waals surface area contributed by atoms with Crippen molar-refractivity contribution >= 4 is 93.9 Å². The topological polar surface area (TPSA) is 97.6 Å². The Hall–Kier alpha value is -7.80. The fourth-order valence-electron chi connectivity index (χ4n) is 7.33. The van der Waals surface area contributed by atoms with E-state index in [0.717, 1.165) is 70.8 Å². The monoisotopic (exact) mass is 1180 g/mol. The molecule has 80 heavy (non-hydrogen) atoms. The Labute approximate surface area is 466 Å². The minimum atomic E-state index is -4.35. The van der Waals surface area contributed by atoms with Crippen LogP contribution in [0.5, 0.6) is 0 Å². The van der Waals surface area contributed by atoms with E-state index >= 15 is 0 Å². The molecule has 0 fully saturated rings. The second kappa shape index (κ2) is 24.3. The summed E-state index contributed by atoms with van der Waals surface area (Å²) in [7, 11) is 0. The molecule has 12 rings (SSSR count). The second-order valence-electron chi connectivity index (χ2n) is 16.8. The van der Waals surface area contributed by atoms with Crippen LogP contribution >= 0.6 is 47.8 Å². The van der Waals surface area contributed by atoms with Crippen LogP contribution in [0.25, 0.3) is 0 Å². The van der Waals surface area contributed by atoms with Crippen LogP contribution in [0.3, 0.4) is 0 Å². The maximum absolute atomic E-state index is 12.7. The number of hydrogen-bond donors (Lipinski definition) is 4. The molecule has 0 bridgehead atoms. The van der Waals surface area contributed by atoms with Crippen molar-refractivity contribution in [3.63, 3.8) is 0 Å². The number of benzene rings is 8. The van der Waals surface area contributed by atoms with Gasteiger partial charge in [-0.05, 0) is 121 Å². The molecule has 4 heterocycles. The summed E-state index contributed by atoms with van der Waals surface area (Å²) >= 11 is 5.05. The van der Waals surface area contributed by atoms with Crippen LogP contribution in [0, 0.1) is 0 Å². The molecule has 4 aliphatic rings. The Balaban J connectivity index is 0.000000129. The van der Waals surface area contributed by atoms with Crippen molar-refractivity contribution in [1.82, 2.24) is 18.9 Å². The van der Waals surface area contributed by atoms with Gasteiger partial charge in [0.15, 0.2) is 0 Å². The number of fused-ring (bicyclic) bond motifs is 4. The minimum absolute atomic E-state index is 0.336. The summed E-state index contributed by atoms with van der Waals surface area (Å²) in [4.78, 5) is 19.8. The van der Waals surface area contributed by atoms with E-state index in [1.165, 1.54) is 72.1 Å². The average molecular weight is 1180 g/mol.